The molecule has 7 heteroatoms. The highest BCUT2D eigenvalue weighted by Crippen LogP contribution is 2.47. The quantitative estimate of drug-likeness (QED) is 0.594. The van der Waals surface area contributed by atoms with E-state index >= 15 is 0 Å². The van der Waals surface area contributed by atoms with Gasteiger partial charge in [0.1, 0.15) is 5.75 Å². The summed E-state index contributed by atoms with van der Waals surface area (Å²) in [6.45, 7) is 1.16. The van der Waals surface area contributed by atoms with Crippen molar-refractivity contribution in [3.63, 3.8) is 0 Å². The van der Waals surface area contributed by atoms with Crippen molar-refractivity contribution in [2.45, 2.75) is 43.2 Å². The van der Waals surface area contributed by atoms with Gasteiger partial charge in [-0.1, -0.05) is 12.1 Å². The Kier molecular flexibility index (Phi) is 3.57. The molecule has 0 saturated carbocycles. The van der Waals surface area contributed by atoms with Gasteiger partial charge >= 0.3 is 0 Å². The number of ketones is 2. The molecule has 0 amide bonds. The van der Waals surface area contributed by atoms with Crippen LogP contribution in [0.25, 0.3) is 0 Å². The van der Waals surface area contributed by atoms with E-state index in [9.17, 15) is 24.9 Å². The molecule has 0 radical (unpaired) electrons. The van der Waals surface area contributed by atoms with Crippen LogP contribution in [0.5, 0.6) is 5.75 Å². The van der Waals surface area contributed by atoms with Crippen molar-refractivity contribution in [2.75, 3.05) is 6.61 Å². The largest absolute Gasteiger partial charge is 0.507 e. The molecule has 1 heterocycles. The van der Waals surface area contributed by atoms with E-state index in [1.807, 2.05) is 0 Å². The zero-order chi connectivity index (χ0) is 17.0. The lowest BCUT2D eigenvalue weighted by Gasteiger charge is -2.52. The van der Waals surface area contributed by atoms with Gasteiger partial charge in [-0.15, -0.1) is 0 Å². The van der Waals surface area contributed by atoms with Crippen LogP contribution in [0.15, 0.2) is 18.2 Å². The topological polar surface area (TPSA) is 124 Å². The summed E-state index contributed by atoms with van der Waals surface area (Å²) in [5.41, 5.74) is -5.27. The second-order valence-corrected chi connectivity index (χ2v) is 6.10. The number of rotatable bonds is 2. The monoisotopic (exact) mass is 322 g/mol. The number of carbonyl (C=O) groups excluding carboxylic acids is 2. The van der Waals surface area contributed by atoms with Gasteiger partial charge in [-0.05, 0) is 19.4 Å². The van der Waals surface area contributed by atoms with Crippen LogP contribution in [0.2, 0.25) is 0 Å². The molecule has 1 aromatic rings. The molecule has 1 aromatic carbocycles. The van der Waals surface area contributed by atoms with Crippen LogP contribution in [-0.2, 0) is 4.74 Å². The van der Waals surface area contributed by atoms with Gasteiger partial charge in [-0.2, -0.15) is 0 Å². The molecule has 124 valence electrons. The molecule has 7 nitrogen and oxygen atoms in total. The van der Waals surface area contributed by atoms with Gasteiger partial charge < -0.3 is 25.2 Å². The summed E-state index contributed by atoms with van der Waals surface area (Å²) in [5, 5.41) is 40.8. The maximum atomic E-state index is 12.8. The maximum absolute atomic E-state index is 12.8. The molecule has 0 bridgehead atoms. The van der Waals surface area contributed by atoms with E-state index < -0.39 is 40.7 Å². The van der Waals surface area contributed by atoms with Crippen LogP contribution in [0, 0.1) is 0 Å². The van der Waals surface area contributed by atoms with Gasteiger partial charge in [0.25, 0.3) is 0 Å². The molecule has 1 aliphatic heterocycles. The van der Waals surface area contributed by atoms with E-state index in [4.69, 9.17) is 9.84 Å². The van der Waals surface area contributed by atoms with Gasteiger partial charge in [0.05, 0.1) is 17.8 Å². The van der Waals surface area contributed by atoms with E-state index in [1.54, 1.807) is 0 Å². The lowest BCUT2D eigenvalue weighted by Crippen LogP contribution is -2.75. The summed E-state index contributed by atoms with van der Waals surface area (Å²) in [5.74, 6) is -2.20. The number of Topliss-reactive ketones (excluding diaryl/α,β-unsaturated/α-hetero) is 2. The lowest BCUT2D eigenvalue weighted by molar-refractivity contribution is -0.228. The minimum Gasteiger partial charge on any atom is -0.507 e. The first-order chi connectivity index (χ1) is 10.8. The van der Waals surface area contributed by atoms with Gasteiger partial charge in [0.15, 0.2) is 17.0 Å². The molecule has 0 aromatic heterocycles. The number of carbonyl (C=O) groups is 2. The molecule has 3 rings (SSSR count). The highest BCUT2D eigenvalue weighted by atomic mass is 16.5. The molecule has 1 saturated heterocycles. The molecular weight excluding hydrogens is 304 g/mol. The summed E-state index contributed by atoms with van der Waals surface area (Å²) < 4.78 is 5.51. The molecule has 2 aliphatic rings. The first-order valence-corrected chi connectivity index (χ1v) is 7.40. The third-order valence-electron chi connectivity index (χ3n) is 4.83. The number of phenolic OH excluding ortho intramolecular Hbond substituents is 1. The Balaban J connectivity index is 2.20. The van der Waals surface area contributed by atoms with E-state index in [0.29, 0.717) is 0 Å². The smallest absolute Gasteiger partial charge is 0.205 e. The molecule has 1 fully saturated rings. The van der Waals surface area contributed by atoms with E-state index in [2.05, 4.69) is 0 Å². The highest BCUT2D eigenvalue weighted by Gasteiger charge is 2.69. The zero-order valence-corrected chi connectivity index (χ0v) is 12.5. The molecule has 4 N–H and O–H groups in total. The lowest BCUT2D eigenvalue weighted by atomic mass is 9.61. The fourth-order valence-electron chi connectivity index (χ4n) is 3.59. The van der Waals surface area contributed by atoms with Crippen LogP contribution >= 0.6 is 0 Å². The van der Waals surface area contributed by atoms with Crippen LogP contribution in [-0.4, -0.2) is 62.0 Å². The summed E-state index contributed by atoms with van der Waals surface area (Å²) >= 11 is 0. The van der Waals surface area contributed by atoms with Gasteiger partial charge in [-0.25, -0.2) is 0 Å². The molecule has 0 spiro atoms. The Morgan fingerprint density at radius 1 is 1.26 bits per heavy atom. The average Bonchev–Trinajstić information content (AvgIpc) is 2.50. The minimum absolute atomic E-state index is 0.126. The van der Waals surface area contributed by atoms with Crippen molar-refractivity contribution in [3.05, 3.63) is 29.3 Å². The molecule has 23 heavy (non-hydrogen) atoms. The van der Waals surface area contributed by atoms with Gasteiger partial charge in [-0.3, -0.25) is 9.59 Å². The highest BCUT2D eigenvalue weighted by molar-refractivity contribution is 6.23. The van der Waals surface area contributed by atoms with Crippen molar-refractivity contribution < 1.29 is 34.8 Å². The summed E-state index contributed by atoms with van der Waals surface area (Å²) in [6.07, 6.45) is -2.00. The van der Waals surface area contributed by atoms with Crippen molar-refractivity contribution in [1.29, 1.82) is 0 Å². The second kappa shape index (κ2) is 5.10. The summed E-state index contributed by atoms with van der Waals surface area (Å²) in [6, 6.07) is 3.95. The number of phenols is 1. The predicted octanol–water partition coefficient (Wildman–Crippen LogP) is -0.207. The first kappa shape index (κ1) is 16.1. The van der Waals surface area contributed by atoms with Crippen LogP contribution < -0.4 is 0 Å². The fraction of sp³-hybridized carbons (Fsp3) is 0.500. The van der Waals surface area contributed by atoms with Crippen LogP contribution in [0.4, 0.5) is 0 Å². The fourth-order valence-corrected chi connectivity index (χ4v) is 3.59. The first-order valence-electron chi connectivity index (χ1n) is 7.40. The van der Waals surface area contributed by atoms with Crippen molar-refractivity contribution >= 4 is 11.6 Å². The van der Waals surface area contributed by atoms with E-state index in [1.165, 1.54) is 25.1 Å². The number of hydrogen-bond acceptors (Lipinski definition) is 7. The van der Waals surface area contributed by atoms with Crippen molar-refractivity contribution in [3.8, 4) is 5.75 Å². The maximum Gasteiger partial charge on any atom is 0.205 e. The number of ether oxygens (including phenoxy) is 1. The van der Waals surface area contributed by atoms with E-state index in [-0.39, 0.29) is 30.6 Å². The molecule has 0 unspecified atom stereocenters. The Morgan fingerprint density at radius 2 is 1.96 bits per heavy atom. The number of aromatic hydroxyl groups is 1. The number of fused-ring (bicyclic) bond motifs is 2. The molecule has 1 aliphatic carbocycles. The predicted molar refractivity (Wildman–Crippen MR) is 77.3 cm³/mol. The zero-order valence-electron chi connectivity index (χ0n) is 12.5. The normalized spacial score (nSPS) is 36.5. The Morgan fingerprint density at radius 3 is 2.61 bits per heavy atom. The van der Waals surface area contributed by atoms with E-state index in [0.717, 1.165) is 0 Å². The van der Waals surface area contributed by atoms with Crippen LogP contribution in [0.3, 0.4) is 0 Å². The molecule has 4 atom stereocenters. The Hall–Kier alpha value is -1.80. The number of benzene rings is 1. The number of aliphatic hydroxyl groups is 3. The number of hydrogen-bond donors (Lipinski definition) is 4. The van der Waals surface area contributed by atoms with Crippen molar-refractivity contribution in [2.24, 2.45) is 0 Å². The summed E-state index contributed by atoms with van der Waals surface area (Å²) in [4.78, 5) is 25.5. The Bertz CT molecular complexity index is 685. The standard InChI is InChI=1S/C16H18O7/c1-8-16(22)14(20)12-10(3-2-4-11(12)18)13(19)15(16,21)7-9(23-8)5-6-17/h2-4,8-9,17-18,21-22H,5-7H2,1H3/t8-,9+,15+,16+/m1/s1. The minimum atomic E-state index is -2.48. The summed E-state index contributed by atoms with van der Waals surface area (Å²) in [7, 11) is 0. The third kappa shape index (κ3) is 1.91. The van der Waals surface area contributed by atoms with Gasteiger partial charge in [0, 0.05) is 18.6 Å². The van der Waals surface area contributed by atoms with Gasteiger partial charge in [0.2, 0.25) is 5.78 Å². The Labute approximate surface area is 132 Å². The van der Waals surface area contributed by atoms with Crippen molar-refractivity contribution in [1.82, 2.24) is 0 Å². The molecular formula is C16H18O7. The third-order valence-corrected chi connectivity index (χ3v) is 4.83. The number of aliphatic hydroxyl groups excluding tert-OH is 1. The SMILES string of the molecule is C[C@H]1O[C@@H](CCO)C[C@]2(O)C(=O)c3cccc(O)c3C(=O)[C@@]12O. The van der Waals surface area contributed by atoms with Crippen LogP contribution in [0.1, 0.15) is 40.5 Å². The second-order valence-electron chi connectivity index (χ2n) is 6.10. The average molecular weight is 322 g/mol.